The first kappa shape index (κ1) is 14.7. The van der Waals surface area contributed by atoms with Crippen LogP contribution >= 0.6 is 27.5 Å². The Hall–Kier alpha value is -2.18. The van der Waals surface area contributed by atoms with E-state index in [0.29, 0.717) is 5.69 Å². The fourth-order valence-corrected chi connectivity index (χ4v) is 2.66. The lowest BCUT2D eigenvalue weighted by Crippen LogP contribution is -1.95. The van der Waals surface area contributed by atoms with Crippen LogP contribution in [-0.4, -0.2) is 9.91 Å². The highest BCUT2D eigenvalue weighted by Gasteiger charge is 2.13. The molecule has 110 valence electrons. The van der Waals surface area contributed by atoms with Gasteiger partial charge < -0.3 is 5.32 Å². The summed E-state index contributed by atoms with van der Waals surface area (Å²) in [6.07, 6.45) is 1.68. The molecule has 3 aromatic rings. The van der Waals surface area contributed by atoms with Gasteiger partial charge in [-0.1, -0.05) is 27.5 Å². The fraction of sp³-hybridized carbons (Fsp3) is 0. The van der Waals surface area contributed by atoms with Gasteiger partial charge in [-0.2, -0.15) is 0 Å². The number of nitrogens with zero attached hydrogens (tertiary/aromatic N) is 2. The van der Waals surface area contributed by atoms with E-state index in [1.165, 1.54) is 12.1 Å². The predicted octanol–water partition coefficient (Wildman–Crippen LogP) is 5.30. The molecule has 7 heteroatoms. The molecule has 0 radical (unpaired) electrons. The minimum absolute atomic E-state index is 0.109. The van der Waals surface area contributed by atoms with Crippen molar-refractivity contribution in [3.05, 3.63) is 68.3 Å². The largest absolute Gasteiger partial charge is 0.355 e. The first-order valence-corrected chi connectivity index (χ1v) is 7.47. The smallest absolute Gasteiger partial charge is 0.289 e. The quantitative estimate of drug-likeness (QED) is 0.496. The maximum atomic E-state index is 11.0. The Morgan fingerprint density at radius 2 is 2.00 bits per heavy atom. The molecule has 1 heterocycles. The standard InChI is InChI=1S/C15H9BrClN3O2/c16-9-1-4-13-11(7-9)14(5-6-18-13)19-10-2-3-12(17)15(8-10)20(21)22/h1-8H,(H,18,19). The van der Waals surface area contributed by atoms with Crippen molar-refractivity contribution >= 4 is 55.5 Å². The molecule has 2 aromatic carbocycles. The van der Waals surface area contributed by atoms with E-state index in [-0.39, 0.29) is 10.7 Å². The van der Waals surface area contributed by atoms with Crippen LogP contribution in [0, 0.1) is 10.1 Å². The zero-order valence-electron chi connectivity index (χ0n) is 11.1. The Labute approximate surface area is 139 Å². The van der Waals surface area contributed by atoms with Gasteiger partial charge in [0.2, 0.25) is 0 Å². The van der Waals surface area contributed by atoms with Gasteiger partial charge in [0.15, 0.2) is 0 Å². The number of pyridine rings is 1. The van der Waals surface area contributed by atoms with E-state index in [2.05, 4.69) is 26.2 Å². The third-order valence-electron chi connectivity index (χ3n) is 3.13. The van der Waals surface area contributed by atoms with E-state index in [9.17, 15) is 10.1 Å². The highest BCUT2D eigenvalue weighted by molar-refractivity contribution is 9.10. The molecule has 0 aliphatic carbocycles. The summed E-state index contributed by atoms with van der Waals surface area (Å²) in [5.41, 5.74) is 2.09. The molecule has 0 amide bonds. The predicted molar refractivity (Wildman–Crippen MR) is 90.8 cm³/mol. The Morgan fingerprint density at radius 3 is 2.77 bits per heavy atom. The number of hydrogen-bond donors (Lipinski definition) is 1. The molecule has 0 saturated carbocycles. The molecular formula is C15H9BrClN3O2. The summed E-state index contributed by atoms with van der Waals surface area (Å²) >= 11 is 9.25. The first-order valence-electron chi connectivity index (χ1n) is 6.30. The van der Waals surface area contributed by atoms with Crippen LogP contribution in [0.1, 0.15) is 0 Å². The molecule has 0 unspecified atom stereocenters. The van der Waals surface area contributed by atoms with E-state index in [4.69, 9.17) is 11.6 Å². The molecule has 0 aliphatic heterocycles. The second kappa shape index (κ2) is 5.90. The van der Waals surface area contributed by atoms with Crippen LogP contribution in [0.2, 0.25) is 5.02 Å². The highest BCUT2D eigenvalue weighted by Crippen LogP contribution is 2.31. The van der Waals surface area contributed by atoms with E-state index in [1.54, 1.807) is 12.3 Å². The maximum Gasteiger partial charge on any atom is 0.289 e. The van der Waals surface area contributed by atoms with Gasteiger partial charge in [-0.25, -0.2) is 0 Å². The van der Waals surface area contributed by atoms with Crippen molar-refractivity contribution < 1.29 is 4.92 Å². The number of benzene rings is 2. The van der Waals surface area contributed by atoms with Crippen LogP contribution in [-0.2, 0) is 0 Å². The van der Waals surface area contributed by atoms with E-state index in [0.717, 1.165) is 21.1 Å². The first-order chi connectivity index (χ1) is 10.5. The lowest BCUT2D eigenvalue weighted by Gasteiger charge is -2.10. The average molecular weight is 379 g/mol. The van der Waals surface area contributed by atoms with Gasteiger partial charge in [0.05, 0.1) is 10.4 Å². The van der Waals surface area contributed by atoms with Gasteiger partial charge in [0.25, 0.3) is 5.69 Å². The summed E-state index contributed by atoms with van der Waals surface area (Å²) in [6, 6.07) is 12.2. The van der Waals surface area contributed by atoms with Crippen LogP contribution in [0.25, 0.3) is 10.9 Å². The monoisotopic (exact) mass is 377 g/mol. The Balaban J connectivity index is 2.05. The molecule has 1 aromatic heterocycles. The molecule has 0 bridgehead atoms. The van der Waals surface area contributed by atoms with Crippen molar-refractivity contribution in [3.8, 4) is 0 Å². The number of anilines is 2. The van der Waals surface area contributed by atoms with E-state index < -0.39 is 4.92 Å². The zero-order chi connectivity index (χ0) is 15.7. The second-order valence-corrected chi connectivity index (χ2v) is 5.89. The molecule has 5 nitrogen and oxygen atoms in total. The van der Waals surface area contributed by atoms with E-state index >= 15 is 0 Å². The van der Waals surface area contributed by atoms with Gasteiger partial charge in [0.1, 0.15) is 5.02 Å². The number of halogens is 2. The van der Waals surface area contributed by atoms with Crippen molar-refractivity contribution in [3.63, 3.8) is 0 Å². The summed E-state index contributed by atoms with van der Waals surface area (Å²) in [5, 5.41) is 15.2. The normalized spacial score (nSPS) is 10.6. The van der Waals surface area contributed by atoms with Crippen LogP contribution in [0.4, 0.5) is 17.1 Å². The number of fused-ring (bicyclic) bond motifs is 1. The van der Waals surface area contributed by atoms with Crippen LogP contribution in [0.3, 0.4) is 0 Å². The molecule has 0 saturated heterocycles. The van der Waals surface area contributed by atoms with Gasteiger partial charge in [-0.15, -0.1) is 0 Å². The molecular weight excluding hydrogens is 370 g/mol. The zero-order valence-corrected chi connectivity index (χ0v) is 13.4. The summed E-state index contributed by atoms with van der Waals surface area (Å²) in [6.45, 7) is 0. The lowest BCUT2D eigenvalue weighted by atomic mass is 10.2. The summed E-state index contributed by atoms with van der Waals surface area (Å²) in [4.78, 5) is 14.7. The van der Waals surface area contributed by atoms with Crippen LogP contribution in [0.15, 0.2) is 53.1 Å². The number of nitrogens with one attached hydrogen (secondary N) is 1. The Bertz CT molecular complexity index is 886. The molecule has 0 spiro atoms. The van der Waals surface area contributed by atoms with Crippen molar-refractivity contribution in [1.29, 1.82) is 0 Å². The molecule has 1 N–H and O–H groups in total. The van der Waals surface area contributed by atoms with Gasteiger partial charge >= 0.3 is 0 Å². The van der Waals surface area contributed by atoms with Crippen LogP contribution in [0.5, 0.6) is 0 Å². The SMILES string of the molecule is O=[N+]([O-])c1cc(Nc2ccnc3ccc(Br)cc23)ccc1Cl. The summed E-state index contributed by atoms with van der Waals surface area (Å²) < 4.78 is 0.929. The number of aromatic nitrogens is 1. The molecule has 3 rings (SSSR count). The number of rotatable bonds is 3. The third kappa shape index (κ3) is 2.88. The summed E-state index contributed by atoms with van der Waals surface area (Å²) in [7, 11) is 0. The van der Waals surface area contributed by atoms with Crippen molar-refractivity contribution in [1.82, 2.24) is 4.98 Å². The highest BCUT2D eigenvalue weighted by atomic mass is 79.9. The van der Waals surface area contributed by atoms with Gasteiger partial charge in [-0.05, 0) is 36.4 Å². The van der Waals surface area contributed by atoms with Gasteiger partial charge in [-0.3, -0.25) is 15.1 Å². The third-order valence-corrected chi connectivity index (χ3v) is 3.94. The van der Waals surface area contributed by atoms with Crippen molar-refractivity contribution in [2.75, 3.05) is 5.32 Å². The summed E-state index contributed by atoms with van der Waals surface area (Å²) in [5.74, 6) is 0. The second-order valence-electron chi connectivity index (χ2n) is 4.57. The minimum atomic E-state index is -0.505. The van der Waals surface area contributed by atoms with E-state index in [1.807, 2.05) is 24.3 Å². The maximum absolute atomic E-state index is 11.0. The van der Waals surface area contributed by atoms with Crippen molar-refractivity contribution in [2.24, 2.45) is 0 Å². The molecule has 0 atom stereocenters. The fourth-order valence-electron chi connectivity index (χ4n) is 2.11. The molecule has 0 aliphatic rings. The Morgan fingerprint density at radius 1 is 1.18 bits per heavy atom. The molecule has 0 fully saturated rings. The molecule has 22 heavy (non-hydrogen) atoms. The average Bonchev–Trinajstić information content (AvgIpc) is 2.49. The number of nitro benzene ring substituents is 1. The topological polar surface area (TPSA) is 68.1 Å². The van der Waals surface area contributed by atoms with Crippen LogP contribution < -0.4 is 5.32 Å². The number of nitro groups is 1. The Kier molecular flexibility index (Phi) is 3.96. The number of hydrogen-bond acceptors (Lipinski definition) is 4. The van der Waals surface area contributed by atoms with Gasteiger partial charge in [0, 0.05) is 33.5 Å². The van der Waals surface area contributed by atoms with Crippen molar-refractivity contribution in [2.45, 2.75) is 0 Å². The lowest BCUT2D eigenvalue weighted by molar-refractivity contribution is -0.384. The minimum Gasteiger partial charge on any atom is -0.355 e.